The lowest BCUT2D eigenvalue weighted by Crippen LogP contribution is -2.30. The summed E-state index contributed by atoms with van der Waals surface area (Å²) in [4.78, 5) is 9.26. The maximum atomic E-state index is 10.5. The molecule has 2 aliphatic carbocycles. The molecule has 0 radical (unpaired) electrons. The van der Waals surface area contributed by atoms with Gasteiger partial charge in [-0.3, -0.25) is 0 Å². The van der Waals surface area contributed by atoms with Crippen LogP contribution < -0.4 is 5.32 Å². The molecule has 2 aliphatic rings. The molecule has 2 fully saturated rings. The van der Waals surface area contributed by atoms with Crippen LogP contribution in [-0.4, -0.2) is 70.9 Å². The number of nitrogens with zero attached hydrogens (tertiary/aromatic N) is 5. The van der Waals surface area contributed by atoms with Gasteiger partial charge in [-0.25, -0.2) is 14.6 Å². The Kier molecular flexibility index (Phi) is 5.49. The molecule has 2 heterocycles. The molecule has 0 aliphatic heterocycles. The Morgan fingerprint density at radius 1 is 1.22 bits per heavy atom. The molecule has 0 saturated heterocycles. The van der Waals surface area contributed by atoms with Gasteiger partial charge >= 0.3 is 0 Å². The van der Waals surface area contributed by atoms with Crippen LogP contribution in [0.15, 0.2) is 5.16 Å². The fraction of sp³-hybridized carbons (Fsp3) is 0.765. The summed E-state index contributed by atoms with van der Waals surface area (Å²) in [6.45, 7) is 2.09. The summed E-state index contributed by atoms with van der Waals surface area (Å²) < 4.78 is 1.62. The Hall–Kier alpha value is -1.49. The molecule has 10 heteroatoms. The Labute approximate surface area is 161 Å². The number of aromatic nitrogens is 5. The molecule has 148 valence electrons. The van der Waals surface area contributed by atoms with Crippen LogP contribution in [0.5, 0.6) is 0 Å². The first-order chi connectivity index (χ1) is 13.1. The Bertz CT molecular complexity index is 798. The predicted molar refractivity (Wildman–Crippen MR) is 102 cm³/mol. The van der Waals surface area contributed by atoms with Gasteiger partial charge in [0, 0.05) is 18.4 Å². The lowest BCUT2D eigenvalue weighted by Gasteiger charge is -2.17. The van der Waals surface area contributed by atoms with Crippen molar-refractivity contribution in [1.82, 2.24) is 25.0 Å². The van der Waals surface area contributed by atoms with Crippen LogP contribution in [0, 0.1) is 5.92 Å². The first-order valence-electron chi connectivity index (χ1n) is 9.61. The minimum absolute atomic E-state index is 0.0191. The van der Waals surface area contributed by atoms with E-state index < -0.39 is 18.2 Å². The van der Waals surface area contributed by atoms with E-state index in [0.717, 1.165) is 25.0 Å². The van der Waals surface area contributed by atoms with Gasteiger partial charge in [0.25, 0.3) is 0 Å². The average molecular weight is 395 g/mol. The van der Waals surface area contributed by atoms with Crippen molar-refractivity contribution >= 4 is 28.7 Å². The minimum atomic E-state index is -0.965. The van der Waals surface area contributed by atoms with Crippen LogP contribution in [0.4, 0.5) is 5.82 Å². The highest BCUT2D eigenvalue weighted by atomic mass is 32.2. The largest absolute Gasteiger partial charge is 0.396 e. The van der Waals surface area contributed by atoms with Crippen LogP contribution >= 0.6 is 11.8 Å². The van der Waals surface area contributed by atoms with Crippen LogP contribution in [0.25, 0.3) is 11.2 Å². The Morgan fingerprint density at radius 2 is 2.04 bits per heavy atom. The van der Waals surface area contributed by atoms with Gasteiger partial charge in [-0.05, 0) is 38.0 Å². The van der Waals surface area contributed by atoms with Crippen LogP contribution in [-0.2, 0) is 0 Å². The fourth-order valence-electron chi connectivity index (χ4n) is 3.61. The van der Waals surface area contributed by atoms with Crippen molar-refractivity contribution in [3.8, 4) is 0 Å². The summed E-state index contributed by atoms with van der Waals surface area (Å²) in [5, 5.41) is 42.6. The molecule has 0 spiro atoms. The highest BCUT2D eigenvalue weighted by Crippen LogP contribution is 2.38. The van der Waals surface area contributed by atoms with Crippen LogP contribution in [0.3, 0.4) is 0 Å². The normalized spacial score (nSPS) is 28.1. The summed E-state index contributed by atoms with van der Waals surface area (Å²) in [5.41, 5.74) is 1.17. The van der Waals surface area contributed by atoms with E-state index in [1.165, 1.54) is 0 Å². The molecule has 0 bridgehead atoms. The van der Waals surface area contributed by atoms with Gasteiger partial charge in [0.15, 0.2) is 22.1 Å². The molecule has 0 aromatic carbocycles. The number of thioether (sulfide) groups is 1. The predicted octanol–water partition coefficient (Wildman–Crippen LogP) is 0.963. The molecule has 27 heavy (non-hydrogen) atoms. The van der Waals surface area contributed by atoms with E-state index in [1.807, 2.05) is 0 Å². The van der Waals surface area contributed by atoms with Crippen molar-refractivity contribution < 1.29 is 15.3 Å². The Morgan fingerprint density at radius 3 is 2.74 bits per heavy atom. The number of hydrogen-bond donors (Lipinski definition) is 4. The number of nitrogens with one attached hydrogen (secondary N) is 1. The maximum absolute atomic E-state index is 10.5. The lowest BCUT2D eigenvalue weighted by molar-refractivity contribution is 0.00107. The van der Waals surface area contributed by atoms with Crippen molar-refractivity contribution in [2.24, 2.45) is 5.92 Å². The highest BCUT2D eigenvalue weighted by molar-refractivity contribution is 7.99. The second kappa shape index (κ2) is 7.86. The van der Waals surface area contributed by atoms with E-state index in [4.69, 9.17) is 0 Å². The number of fused-ring (bicyclic) bond motifs is 1. The molecular weight excluding hydrogens is 368 g/mol. The molecule has 4 unspecified atom stereocenters. The van der Waals surface area contributed by atoms with Crippen molar-refractivity contribution in [3.05, 3.63) is 0 Å². The number of hydrogen-bond acceptors (Lipinski definition) is 9. The van der Waals surface area contributed by atoms with E-state index in [1.54, 1.807) is 16.4 Å². The topological polar surface area (TPSA) is 129 Å². The van der Waals surface area contributed by atoms with Crippen LogP contribution in [0.2, 0.25) is 0 Å². The number of aliphatic hydroxyl groups excluding tert-OH is 3. The first kappa shape index (κ1) is 18.9. The average Bonchev–Trinajstić information content (AvgIpc) is 3.31. The quantitative estimate of drug-likeness (QED) is 0.382. The van der Waals surface area contributed by atoms with Gasteiger partial charge in [0.2, 0.25) is 0 Å². The summed E-state index contributed by atoms with van der Waals surface area (Å²) in [7, 11) is 0. The summed E-state index contributed by atoms with van der Waals surface area (Å²) in [6, 6.07) is -0.000599. The highest BCUT2D eigenvalue weighted by Gasteiger charge is 2.43. The van der Waals surface area contributed by atoms with E-state index in [9.17, 15) is 15.3 Å². The smallest absolute Gasteiger partial charge is 0.191 e. The zero-order valence-corrected chi connectivity index (χ0v) is 16.1. The van der Waals surface area contributed by atoms with Crippen molar-refractivity contribution in [2.75, 3.05) is 17.7 Å². The van der Waals surface area contributed by atoms with Crippen molar-refractivity contribution in [3.63, 3.8) is 0 Å². The molecule has 4 atom stereocenters. The molecule has 2 saturated carbocycles. The second-order valence-electron chi connectivity index (χ2n) is 7.38. The molecule has 4 N–H and O–H groups in total. The van der Waals surface area contributed by atoms with E-state index in [-0.39, 0.29) is 12.5 Å². The number of rotatable bonds is 8. The minimum Gasteiger partial charge on any atom is -0.396 e. The van der Waals surface area contributed by atoms with E-state index in [2.05, 4.69) is 32.5 Å². The van der Waals surface area contributed by atoms with Gasteiger partial charge in [-0.2, -0.15) is 0 Å². The lowest BCUT2D eigenvalue weighted by atomic mass is 10.0. The first-order valence-corrected chi connectivity index (χ1v) is 10.6. The maximum Gasteiger partial charge on any atom is 0.191 e. The van der Waals surface area contributed by atoms with Crippen molar-refractivity contribution in [1.29, 1.82) is 0 Å². The van der Waals surface area contributed by atoms with Gasteiger partial charge < -0.3 is 20.6 Å². The third-order valence-corrected chi connectivity index (χ3v) is 6.30. The third kappa shape index (κ3) is 3.75. The fourth-order valence-corrected chi connectivity index (χ4v) is 4.30. The molecule has 4 rings (SSSR count). The molecule has 9 nitrogen and oxygen atoms in total. The number of aliphatic hydroxyl groups is 3. The van der Waals surface area contributed by atoms with Gasteiger partial charge in [-0.15, -0.1) is 5.10 Å². The molecule has 2 aromatic rings. The van der Waals surface area contributed by atoms with Gasteiger partial charge in [0.1, 0.15) is 6.10 Å². The summed E-state index contributed by atoms with van der Waals surface area (Å²) in [6.07, 6.45) is 2.37. The second-order valence-corrected chi connectivity index (χ2v) is 8.45. The van der Waals surface area contributed by atoms with E-state index in [0.29, 0.717) is 41.0 Å². The zero-order chi connectivity index (χ0) is 19.0. The van der Waals surface area contributed by atoms with Crippen molar-refractivity contribution in [2.45, 2.75) is 68.5 Å². The van der Waals surface area contributed by atoms with Gasteiger partial charge in [0.05, 0.1) is 12.1 Å². The molecule has 2 aromatic heterocycles. The Balaban J connectivity index is 1.70. The van der Waals surface area contributed by atoms with Crippen LogP contribution in [0.1, 0.15) is 45.1 Å². The standard InChI is InChI=1S/C17H26N6O3S/c1-2-7-27-17-19-15(18-10-3-4-10)12-16(20-17)23(22-21-12)11-8-9(5-6-24)13(25)14(11)26/h9-11,13-14,24-26H,2-8H2,1H3,(H,18,19,20). The number of anilines is 1. The monoisotopic (exact) mass is 394 g/mol. The van der Waals surface area contributed by atoms with Gasteiger partial charge in [-0.1, -0.05) is 23.9 Å². The molecule has 0 amide bonds. The molecular formula is C17H26N6O3S. The summed E-state index contributed by atoms with van der Waals surface area (Å²) >= 11 is 1.59. The third-order valence-electron chi connectivity index (χ3n) is 5.24. The zero-order valence-electron chi connectivity index (χ0n) is 15.3. The SMILES string of the molecule is CCCSc1nc(NC2CC2)c2nnn(C3CC(CCO)C(O)C3O)c2n1. The summed E-state index contributed by atoms with van der Waals surface area (Å²) in [5.74, 6) is 1.43. The van der Waals surface area contributed by atoms with E-state index >= 15 is 0 Å².